The first-order chi connectivity index (χ1) is 10.1. The number of fused-ring (bicyclic) bond motifs is 1. The first-order valence-electron chi connectivity index (χ1n) is 6.26. The lowest BCUT2D eigenvalue weighted by molar-refractivity contribution is 0.0690. The molecule has 7 heteroatoms. The number of carbonyl (C=O) groups is 1. The second-order valence-electron chi connectivity index (χ2n) is 4.66. The Morgan fingerprint density at radius 2 is 2.00 bits per heavy atom. The number of carboxylic acid groups (broad SMARTS) is 1. The van der Waals surface area contributed by atoms with Gasteiger partial charge in [-0.15, -0.1) is 0 Å². The maximum Gasteiger partial charge on any atom is 0.357 e. The number of hydrogen-bond acceptors (Lipinski definition) is 4. The molecule has 0 radical (unpaired) electrons. The molecule has 0 aliphatic rings. The molecule has 0 saturated carbocycles. The van der Waals surface area contributed by atoms with Crippen molar-refractivity contribution < 1.29 is 9.90 Å². The molecule has 0 spiro atoms. The Kier molecular flexibility index (Phi) is 3.02. The summed E-state index contributed by atoms with van der Waals surface area (Å²) in [6.45, 7) is 0.167. The van der Waals surface area contributed by atoms with E-state index >= 15 is 0 Å². The van der Waals surface area contributed by atoms with E-state index in [4.69, 9.17) is 0 Å². The van der Waals surface area contributed by atoms with Crippen molar-refractivity contribution in [3.05, 3.63) is 58.5 Å². The van der Waals surface area contributed by atoms with Gasteiger partial charge in [-0.3, -0.25) is 4.79 Å². The van der Waals surface area contributed by atoms with E-state index in [1.54, 1.807) is 48.4 Å². The number of aromatic nitrogens is 4. The molecule has 1 N–H and O–H groups in total. The van der Waals surface area contributed by atoms with E-state index in [0.29, 0.717) is 10.8 Å². The van der Waals surface area contributed by atoms with Crippen LogP contribution in [-0.4, -0.2) is 30.4 Å². The van der Waals surface area contributed by atoms with E-state index < -0.39 is 5.97 Å². The average molecular weight is 284 g/mol. The van der Waals surface area contributed by atoms with Gasteiger partial charge in [0.2, 0.25) is 0 Å². The Morgan fingerprint density at radius 3 is 2.62 bits per heavy atom. The molecular formula is C14H12N4O3. The summed E-state index contributed by atoms with van der Waals surface area (Å²) in [6.07, 6.45) is 3.23. The van der Waals surface area contributed by atoms with Gasteiger partial charge in [0.25, 0.3) is 5.56 Å². The van der Waals surface area contributed by atoms with Crippen LogP contribution >= 0.6 is 0 Å². The Hall–Kier alpha value is -2.96. The molecule has 106 valence electrons. The van der Waals surface area contributed by atoms with Gasteiger partial charge < -0.3 is 9.67 Å². The number of benzene rings is 1. The van der Waals surface area contributed by atoms with Crippen LogP contribution in [-0.2, 0) is 13.6 Å². The van der Waals surface area contributed by atoms with Gasteiger partial charge in [-0.1, -0.05) is 18.2 Å². The van der Waals surface area contributed by atoms with E-state index in [9.17, 15) is 14.7 Å². The summed E-state index contributed by atoms with van der Waals surface area (Å²) in [5, 5.41) is 13.9. The third kappa shape index (κ3) is 2.18. The third-order valence-corrected chi connectivity index (χ3v) is 3.30. The predicted octanol–water partition coefficient (Wildman–Crippen LogP) is 0.876. The molecule has 0 bridgehead atoms. The maximum absolute atomic E-state index is 12.4. The molecule has 0 saturated heterocycles. The molecule has 3 aromatic rings. The molecule has 0 amide bonds. The quantitative estimate of drug-likeness (QED) is 0.771. The molecule has 7 nitrogen and oxygen atoms in total. The van der Waals surface area contributed by atoms with Crippen LogP contribution in [0.15, 0.2) is 41.6 Å². The molecule has 0 aliphatic carbocycles. The number of aromatic carboxylic acids is 1. The smallest absolute Gasteiger partial charge is 0.357 e. The Morgan fingerprint density at radius 1 is 1.29 bits per heavy atom. The van der Waals surface area contributed by atoms with Gasteiger partial charge in [0.1, 0.15) is 0 Å². The summed E-state index contributed by atoms with van der Waals surface area (Å²) < 4.78 is 2.91. The zero-order chi connectivity index (χ0) is 15.0. The van der Waals surface area contributed by atoms with Crippen molar-refractivity contribution in [2.45, 2.75) is 6.54 Å². The van der Waals surface area contributed by atoms with Gasteiger partial charge in [0.05, 0.1) is 30.1 Å². The van der Waals surface area contributed by atoms with Gasteiger partial charge in [-0.2, -0.15) is 5.10 Å². The second kappa shape index (κ2) is 4.86. The number of imidazole rings is 1. The van der Waals surface area contributed by atoms with Crippen molar-refractivity contribution in [1.82, 2.24) is 19.3 Å². The normalized spacial score (nSPS) is 10.9. The van der Waals surface area contributed by atoms with Crippen molar-refractivity contribution in [2.24, 2.45) is 7.05 Å². The highest BCUT2D eigenvalue weighted by Gasteiger charge is 2.16. The minimum Gasteiger partial charge on any atom is -0.476 e. The zero-order valence-electron chi connectivity index (χ0n) is 11.2. The summed E-state index contributed by atoms with van der Waals surface area (Å²) in [7, 11) is 1.80. The van der Waals surface area contributed by atoms with Gasteiger partial charge in [-0.25, -0.2) is 14.5 Å². The van der Waals surface area contributed by atoms with Crippen LogP contribution in [0.3, 0.4) is 0 Å². The molecule has 0 atom stereocenters. The molecule has 0 unspecified atom stereocenters. The summed E-state index contributed by atoms with van der Waals surface area (Å²) in [5.74, 6) is -1.16. The topological polar surface area (TPSA) is 90.0 Å². The lowest BCUT2D eigenvalue weighted by Crippen LogP contribution is -2.27. The summed E-state index contributed by atoms with van der Waals surface area (Å²) in [6, 6.07) is 6.57. The molecule has 3 rings (SSSR count). The highest BCUT2D eigenvalue weighted by molar-refractivity contribution is 6.01. The van der Waals surface area contributed by atoms with E-state index in [-0.39, 0.29) is 17.8 Å². The number of aryl methyl sites for hydroxylation is 1. The van der Waals surface area contributed by atoms with Crippen molar-refractivity contribution in [1.29, 1.82) is 0 Å². The monoisotopic (exact) mass is 284 g/mol. The van der Waals surface area contributed by atoms with Crippen LogP contribution in [0.2, 0.25) is 0 Å². The molecule has 21 heavy (non-hydrogen) atoms. The lowest BCUT2D eigenvalue weighted by atomic mass is 10.1. The van der Waals surface area contributed by atoms with Gasteiger partial charge in [0, 0.05) is 12.4 Å². The van der Waals surface area contributed by atoms with Gasteiger partial charge in [0.15, 0.2) is 5.69 Å². The molecule has 2 aromatic heterocycles. The van der Waals surface area contributed by atoms with Crippen LogP contribution in [0.4, 0.5) is 0 Å². The lowest BCUT2D eigenvalue weighted by Gasteiger charge is -2.09. The van der Waals surface area contributed by atoms with Crippen LogP contribution in [0.25, 0.3) is 10.8 Å². The van der Waals surface area contributed by atoms with E-state index in [1.165, 1.54) is 0 Å². The molecule has 0 fully saturated rings. The first kappa shape index (κ1) is 13.0. The predicted molar refractivity (Wildman–Crippen MR) is 75.3 cm³/mol. The van der Waals surface area contributed by atoms with Crippen LogP contribution in [0, 0.1) is 0 Å². The fourth-order valence-corrected chi connectivity index (χ4v) is 2.19. The van der Waals surface area contributed by atoms with Gasteiger partial charge >= 0.3 is 5.97 Å². The maximum atomic E-state index is 12.4. The van der Waals surface area contributed by atoms with Crippen molar-refractivity contribution in [3.63, 3.8) is 0 Å². The standard InChI is InChI=1S/C14H12N4O3/c1-17-8-15-6-9(17)7-18-13(19)11-5-3-2-4-10(11)12(16-18)14(20)21/h2-6,8H,7H2,1H3,(H,20,21). The Labute approximate surface area is 119 Å². The number of nitrogens with zero attached hydrogens (tertiary/aromatic N) is 4. The van der Waals surface area contributed by atoms with E-state index in [2.05, 4.69) is 10.1 Å². The Bertz CT molecular complexity index is 895. The van der Waals surface area contributed by atoms with E-state index in [1.807, 2.05) is 0 Å². The number of hydrogen-bond donors (Lipinski definition) is 1. The van der Waals surface area contributed by atoms with Crippen LogP contribution in [0.1, 0.15) is 16.2 Å². The third-order valence-electron chi connectivity index (χ3n) is 3.30. The van der Waals surface area contributed by atoms with Crippen LogP contribution in [0.5, 0.6) is 0 Å². The first-order valence-corrected chi connectivity index (χ1v) is 6.26. The SMILES string of the molecule is Cn1cncc1Cn1nc(C(=O)O)c2ccccc2c1=O. The zero-order valence-corrected chi connectivity index (χ0v) is 11.2. The van der Waals surface area contributed by atoms with Gasteiger partial charge in [-0.05, 0) is 6.07 Å². The van der Waals surface area contributed by atoms with Crippen molar-refractivity contribution in [3.8, 4) is 0 Å². The molecular weight excluding hydrogens is 272 g/mol. The fourth-order valence-electron chi connectivity index (χ4n) is 2.19. The van der Waals surface area contributed by atoms with Crippen LogP contribution < -0.4 is 5.56 Å². The minimum atomic E-state index is -1.16. The number of carboxylic acids is 1. The highest BCUT2D eigenvalue weighted by atomic mass is 16.4. The number of rotatable bonds is 3. The molecule has 2 heterocycles. The largest absolute Gasteiger partial charge is 0.476 e. The second-order valence-corrected chi connectivity index (χ2v) is 4.66. The summed E-state index contributed by atoms with van der Waals surface area (Å²) in [4.78, 5) is 27.7. The average Bonchev–Trinajstić information content (AvgIpc) is 2.87. The highest BCUT2D eigenvalue weighted by Crippen LogP contribution is 2.13. The van der Waals surface area contributed by atoms with E-state index in [0.717, 1.165) is 10.4 Å². The molecule has 0 aliphatic heterocycles. The minimum absolute atomic E-state index is 0.132. The molecule has 1 aromatic carbocycles. The Balaban J connectivity index is 2.24. The fraction of sp³-hybridized carbons (Fsp3) is 0.143. The van der Waals surface area contributed by atoms with Crippen molar-refractivity contribution >= 4 is 16.7 Å². The van der Waals surface area contributed by atoms with Crippen molar-refractivity contribution in [2.75, 3.05) is 0 Å². The summed E-state index contributed by atoms with van der Waals surface area (Å²) >= 11 is 0. The summed E-state index contributed by atoms with van der Waals surface area (Å²) in [5.41, 5.74) is 0.306.